The molecule has 1 heterocycles. The van der Waals surface area contributed by atoms with Gasteiger partial charge in [-0.15, -0.1) is 0 Å². The Balaban J connectivity index is 1.56. The minimum Gasteiger partial charge on any atom is -0.393 e. The molecule has 2 aromatic rings. The molecule has 0 spiro atoms. The van der Waals surface area contributed by atoms with E-state index in [1.54, 1.807) is 0 Å². The lowest BCUT2D eigenvalue weighted by atomic mass is 10.1. The summed E-state index contributed by atoms with van der Waals surface area (Å²) < 4.78 is 0. The maximum atomic E-state index is 9.65. The van der Waals surface area contributed by atoms with Crippen molar-refractivity contribution in [1.29, 1.82) is 0 Å². The zero-order valence-electron chi connectivity index (χ0n) is 17.9. The number of hydrogen-bond donors (Lipinski definition) is 3. The van der Waals surface area contributed by atoms with Crippen LogP contribution in [0.5, 0.6) is 0 Å². The van der Waals surface area contributed by atoms with Crippen molar-refractivity contribution >= 4 is 17.6 Å². The molecule has 1 fully saturated rings. The third kappa shape index (κ3) is 7.01. The molecule has 1 saturated heterocycles. The predicted octanol–water partition coefficient (Wildman–Crippen LogP) is 4.11. The highest BCUT2D eigenvalue weighted by Gasteiger charge is 2.16. The van der Waals surface area contributed by atoms with Crippen LogP contribution in [0.2, 0.25) is 5.02 Å². The van der Waals surface area contributed by atoms with Crippen molar-refractivity contribution < 1.29 is 5.11 Å². The van der Waals surface area contributed by atoms with Gasteiger partial charge in [0.1, 0.15) is 0 Å². The lowest BCUT2D eigenvalue weighted by Crippen LogP contribution is -2.38. The van der Waals surface area contributed by atoms with E-state index >= 15 is 0 Å². The van der Waals surface area contributed by atoms with Crippen LogP contribution in [0.3, 0.4) is 0 Å². The zero-order chi connectivity index (χ0) is 21.3. The fourth-order valence-corrected chi connectivity index (χ4v) is 3.84. The molecule has 3 rings (SSSR count). The zero-order valence-corrected chi connectivity index (χ0v) is 18.7. The number of halogens is 1. The molecule has 0 radical (unpaired) electrons. The van der Waals surface area contributed by atoms with Crippen LogP contribution in [0.1, 0.15) is 49.4 Å². The molecule has 0 saturated carbocycles. The molecule has 6 heteroatoms. The number of piperidine rings is 1. The highest BCUT2D eigenvalue weighted by molar-refractivity contribution is 6.30. The van der Waals surface area contributed by atoms with Gasteiger partial charge in [0.05, 0.1) is 18.7 Å². The Morgan fingerprint density at radius 2 is 1.87 bits per heavy atom. The van der Waals surface area contributed by atoms with E-state index in [2.05, 4.69) is 59.7 Å². The summed E-state index contributed by atoms with van der Waals surface area (Å²) in [7, 11) is 0. The summed E-state index contributed by atoms with van der Waals surface area (Å²) >= 11 is 6.12. The number of likely N-dealkylation sites (tertiary alicyclic amines) is 1. The standard InChI is InChI=1S/C24H33ClN4O/c1-3-26-24(28-18(2)21-5-4-6-22(25)15-21)27-16-19-7-9-20(10-8-19)17-29-13-11-23(30)12-14-29/h4-10,15,18,23,30H,3,11-14,16-17H2,1-2H3,(H2,26,27,28). The van der Waals surface area contributed by atoms with Crippen LogP contribution in [-0.2, 0) is 13.1 Å². The van der Waals surface area contributed by atoms with Crippen LogP contribution < -0.4 is 10.6 Å². The number of nitrogens with one attached hydrogen (secondary N) is 2. The van der Waals surface area contributed by atoms with Gasteiger partial charge in [0, 0.05) is 31.2 Å². The second-order valence-corrected chi connectivity index (χ2v) is 8.38. The van der Waals surface area contributed by atoms with Crippen LogP contribution in [0.25, 0.3) is 0 Å². The van der Waals surface area contributed by atoms with Gasteiger partial charge >= 0.3 is 0 Å². The van der Waals surface area contributed by atoms with Gasteiger partial charge in [0.2, 0.25) is 0 Å². The van der Waals surface area contributed by atoms with Crippen LogP contribution in [-0.4, -0.2) is 41.7 Å². The van der Waals surface area contributed by atoms with Crippen LogP contribution >= 0.6 is 11.6 Å². The van der Waals surface area contributed by atoms with Gasteiger partial charge in [-0.05, 0) is 55.5 Å². The SMILES string of the molecule is CCNC(=NCc1ccc(CN2CCC(O)CC2)cc1)NC(C)c1cccc(Cl)c1. The van der Waals surface area contributed by atoms with Crippen LogP contribution in [0.4, 0.5) is 0 Å². The van der Waals surface area contributed by atoms with Gasteiger partial charge < -0.3 is 15.7 Å². The summed E-state index contributed by atoms with van der Waals surface area (Å²) in [6.07, 6.45) is 1.63. The van der Waals surface area contributed by atoms with Gasteiger partial charge in [0.15, 0.2) is 5.96 Å². The molecule has 1 unspecified atom stereocenters. The summed E-state index contributed by atoms with van der Waals surface area (Å²) in [6.45, 7) is 8.47. The fourth-order valence-electron chi connectivity index (χ4n) is 3.64. The van der Waals surface area contributed by atoms with E-state index in [0.717, 1.165) is 55.6 Å². The third-order valence-electron chi connectivity index (χ3n) is 5.45. The van der Waals surface area contributed by atoms with E-state index in [9.17, 15) is 5.11 Å². The number of aliphatic imine (C=N–C) groups is 1. The van der Waals surface area contributed by atoms with E-state index in [-0.39, 0.29) is 12.1 Å². The Bertz CT molecular complexity index is 816. The maximum absolute atomic E-state index is 9.65. The molecular weight excluding hydrogens is 396 g/mol. The van der Waals surface area contributed by atoms with E-state index in [1.807, 2.05) is 18.2 Å². The van der Waals surface area contributed by atoms with E-state index < -0.39 is 0 Å². The Hall–Kier alpha value is -2.08. The fraction of sp³-hybridized carbons (Fsp3) is 0.458. The number of hydrogen-bond acceptors (Lipinski definition) is 3. The Morgan fingerprint density at radius 3 is 2.53 bits per heavy atom. The van der Waals surface area contributed by atoms with Crippen molar-refractivity contribution in [2.75, 3.05) is 19.6 Å². The third-order valence-corrected chi connectivity index (χ3v) is 5.69. The number of aliphatic hydroxyl groups excluding tert-OH is 1. The summed E-state index contributed by atoms with van der Waals surface area (Å²) in [5, 5.41) is 17.2. The first-order valence-corrected chi connectivity index (χ1v) is 11.2. The summed E-state index contributed by atoms with van der Waals surface area (Å²) in [6, 6.07) is 16.7. The largest absolute Gasteiger partial charge is 0.393 e. The normalized spacial score (nSPS) is 17.0. The van der Waals surface area contributed by atoms with Crippen LogP contribution in [0, 0.1) is 0 Å². The molecule has 0 amide bonds. The number of benzene rings is 2. The van der Waals surface area contributed by atoms with Gasteiger partial charge in [-0.25, -0.2) is 4.99 Å². The summed E-state index contributed by atoms with van der Waals surface area (Å²) in [5.74, 6) is 0.793. The highest BCUT2D eigenvalue weighted by Crippen LogP contribution is 2.17. The van der Waals surface area contributed by atoms with Crippen molar-refractivity contribution in [2.24, 2.45) is 4.99 Å². The topological polar surface area (TPSA) is 59.9 Å². The second-order valence-electron chi connectivity index (χ2n) is 7.94. The first-order valence-electron chi connectivity index (χ1n) is 10.8. The molecule has 2 aromatic carbocycles. The minimum atomic E-state index is -0.123. The van der Waals surface area contributed by atoms with Crippen LogP contribution in [0.15, 0.2) is 53.5 Å². The maximum Gasteiger partial charge on any atom is 0.192 e. The van der Waals surface area contributed by atoms with Crippen molar-refractivity contribution in [3.63, 3.8) is 0 Å². The molecule has 0 bridgehead atoms. The lowest BCUT2D eigenvalue weighted by Gasteiger charge is -2.29. The molecule has 30 heavy (non-hydrogen) atoms. The highest BCUT2D eigenvalue weighted by atomic mass is 35.5. The molecular formula is C24H33ClN4O. The Kier molecular flexibility index (Phi) is 8.55. The first-order chi connectivity index (χ1) is 14.5. The van der Waals surface area contributed by atoms with Crippen molar-refractivity contribution in [1.82, 2.24) is 15.5 Å². The van der Waals surface area contributed by atoms with Gasteiger partial charge in [0.25, 0.3) is 0 Å². The summed E-state index contributed by atoms with van der Waals surface area (Å²) in [4.78, 5) is 7.16. The average molecular weight is 429 g/mol. The summed E-state index contributed by atoms with van der Waals surface area (Å²) in [5.41, 5.74) is 3.61. The second kappa shape index (κ2) is 11.3. The van der Waals surface area contributed by atoms with Gasteiger partial charge in [-0.1, -0.05) is 48.0 Å². The van der Waals surface area contributed by atoms with E-state index in [4.69, 9.17) is 16.6 Å². The minimum absolute atomic E-state index is 0.104. The Labute approximate surface area is 185 Å². The van der Waals surface area contributed by atoms with Gasteiger partial charge in [-0.3, -0.25) is 4.90 Å². The molecule has 0 aromatic heterocycles. The average Bonchev–Trinajstić information content (AvgIpc) is 2.75. The van der Waals surface area contributed by atoms with Gasteiger partial charge in [-0.2, -0.15) is 0 Å². The first kappa shape index (κ1) is 22.6. The Morgan fingerprint density at radius 1 is 1.17 bits per heavy atom. The van der Waals surface area contributed by atoms with Crippen molar-refractivity contribution in [3.8, 4) is 0 Å². The molecule has 162 valence electrons. The number of aliphatic hydroxyl groups is 1. The molecule has 1 aliphatic rings. The van der Waals surface area contributed by atoms with E-state index in [1.165, 1.54) is 11.1 Å². The lowest BCUT2D eigenvalue weighted by molar-refractivity contribution is 0.0792. The monoisotopic (exact) mass is 428 g/mol. The molecule has 0 aliphatic carbocycles. The van der Waals surface area contributed by atoms with E-state index in [0.29, 0.717) is 6.54 Å². The smallest absolute Gasteiger partial charge is 0.192 e. The molecule has 1 aliphatic heterocycles. The molecule has 3 N–H and O–H groups in total. The number of rotatable bonds is 7. The molecule has 5 nitrogen and oxygen atoms in total. The quantitative estimate of drug-likeness (QED) is 0.458. The predicted molar refractivity (Wildman–Crippen MR) is 125 cm³/mol. The van der Waals surface area contributed by atoms with Crippen molar-refractivity contribution in [3.05, 3.63) is 70.2 Å². The van der Waals surface area contributed by atoms with Crippen molar-refractivity contribution in [2.45, 2.75) is 51.9 Å². The number of guanidine groups is 1. The number of nitrogens with zero attached hydrogens (tertiary/aromatic N) is 2. The molecule has 1 atom stereocenters.